The molecule has 0 amide bonds. The van der Waals surface area contributed by atoms with Gasteiger partial charge in [0.25, 0.3) is 0 Å². The molecule has 7 heteroatoms. The molecule has 0 unspecified atom stereocenters. The van der Waals surface area contributed by atoms with E-state index in [1.54, 1.807) is 17.5 Å². The molecule has 4 aromatic rings. The van der Waals surface area contributed by atoms with Crippen LogP contribution in [0, 0.1) is 0 Å². The lowest BCUT2D eigenvalue weighted by Crippen LogP contribution is -1.95. The summed E-state index contributed by atoms with van der Waals surface area (Å²) in [5.74, 6) is 0.456. The van der Waals surface area contributed by atoms with Crippen LogP contribution in [0.25, 0.3) is 21.7 Å². The maximum absolute atomic E-state index is 5.83. The zero-order valence-corrected chi connectivity index (χ0v) is 12.3. The highest BCUT2D eigenvalue weighted by atomic mass is 32.1. The monoisotopic (exact) mass is 308 g/mol. The fourth-order valence-corrected chi connectivity index (χ4v) is 3.37. The molecule has 3 N–H and O–H groups in total. The van der Waals surface area contributed by atoms with Gasteiger partial charge in [0.2, 0.25) is 5.65 Å². The second-order valence-corrected chi connectivity index (χ2v) is 6.03. The zero-order valence-electron chi connectivity index (χ0n) is 11.5. The molecule has 4 aromatic heterocycles. The van der Waals surface area contributed by atoms with Gasteiger partial charge in [0, 0.05) is 17.5 Å². The van der Waals surface area contributed by atoms with E-state index in [9.17, 15) is 0 Å². The van der Waals surface area contributed by atoms with Crippen molar-refractivity contribution >= 4 is 28.3 Å². The van der Waals surface area contributed by atoms with E-state index in [1.807, 2.05) is 24.3 Å². The van der Waals surface area contributed by atoms with Gasteiger partial charge >= 0.3 is 0 Å². The molecule has 0 atom stereocenters. The largest absolute Gasteiger partial charge is 0.384 e. The maximum Gasteiger partial charge on any atom is 0.203 e. The molecule has 108 valence electrons. The van der Waals surface area contributed by atoms with Crippen LogP contribution in [0.3, 0.4) is 0 Å². The standard InChI is InChI=1S/C15H12N6S/c16-13-8-9(14-15(18-13)20-21-19-14)7-10-4-5-12(22-10)11-3-1-2-6-17-11/h1-6,8H,7H2,(H3,16,18,19,20,21). The van der Waals surface area contributed by atoms with E-state index < -0.39 is 0 Å². The Morgan fingerprint density at radius 1 is 1.14 bits per heavy atom. The van der Waals surface area contributed by atoms with Crippen LogP contribution in [0.15, 0.2) is 42.6 Å². The summed E-state index contributed by atoms with van der Waals surface area (Å²) in [6, 6.07) is 12.0. The predicted molar refractivity (Wildman–Crippen MR) is 86.5 cm³/mol. The molecule has 0 fully saturated rings. The molecule has 4 heterocycles. The molecule has 0 radical (unpaired) electrons. The third-order valence-electron chi connectivity index (χ3n) is 3.33. The van der Waals surface area contributed by atoms with Crippen LogP contribution in [0.2, 0.25) is 0 Å². The molecule has 0 saturated carbocycles. The van der Waals surface area contributed by atoms with Crippen LogP contribution < -0.4 is 5.73 Å². The first-order valence-electron chi connectivity index (χ1n) is 6.75. The van der Waals surface area contributed by atoms with Crippen LogP contribution in [0.1, 0.15) is 10.4 Å². The smallest absolute Gasteiger partial charge is 0.203 e. The number of nitrogens with zero attached hydrogens (tertiary/aromatic N) is 4. The van der Waals surface area contributed by atoms with Gasteiger partial charge in [0.1, 0.15) is 11.3 Å². The van der Waals surface area contributed by atoms with E-state index in [-0.39, 0.29) is 0 Å². The second kappa shape index (κ2) is 5.19. The molecule has 0 aliphatic rings. The Morgan fingerprint density at radius 2 is 2.09 bits per heavy atom. The van der Waals surface area contributed by atoms with Gasteiger partial charge in [-0.1, -0.05) is 6.07 Å². The van der Waals surface area contributed by atoms with Crippen LogP contribution in [0.5, 0.6) is 0 Å². The van der Waals surface area contributed by atoms with Gasteiger partial charge in [-0.05, 0) is 35.9 Å². The molecule has 0 aliphatic carbocycles. The first-order chi connectivity index (χ1) is 10.8. The van der Waals surface area contributed by atoms with Crippen molar-refractivity contribution in [3.05, 3.63) is 53.0 Å². The highest BCUT2D eigenvalue weighted by Gasteiger charge is 2.11. The van der Waals surface area contributed by atoms with Crippen molar-refractivity contribution < 1.29 is 0 Å². The van der Waals surface area contributed by atoms with Crippen LogP contribution in [-0.4, -0.2) is 25.4 Å². The Morgan fingerprint density at radius 3 is 2.95 bits per heavy atom. The molecule has 0 bridgehead atoms. The molecule has 6 nitrogen and oxygen atoms in total. The topological polar surface area (TPSA) is 93.4 Å². The minimum absolute atomic E-state index is 0.456. The minimum Gasteiger partial charge on any atom is -0.384 e. The van der Waals surface area contributed by atoms with Gasteiger partial charge in [-0.15, -0.1) is 16.4 Å². The van der Waals surface area contributed by atoms with E-state index in [0.29, 0.717) is 11.5 Å². The molecule has 0 aliphatic heterocycles. The quantitative estimate of drug-likeness (QED) is 0.607. The Hall–Kier alpha value is -2.80. The lowest BCUT2D eigenvalue weighted by atomic mass is 10.1. The van der Waals surface area contributed by atoms with Crippen LogP contribution >= 0.6 is 11.3 Å². The number of nitrogen functional groups attached to an aromatic ring is 1. The van der Waals surface area contributed by atoms with Gasteiger partial charge in [0.05, 0.1) is 10.6 Å². The average molecular weight is 308 g/mol. The maximum atomic E-state index is 5.83. The summed E-state index contributed by atoms with van der Waals surface area (Å²) >= 11 is 1.72. The third kappa shape index (κ3) is 2.31. The number of hydrogen-bond donors (Lipinski definition) is 2. The summed E-state index contributed by atoms with van der Waals surface area (Å²) < 4.78 is 0. The van der Waals surface area contributed by atoms with Gasteiger partial charge in [-0.25, -0.2) is 4.98 Å². The summed E-state index contributed by atoms with van der Waals surface area (Å²) in [5, 5.41) is 10.8. The summed E-state index contributed by atoms with van der Waals surface area (Å²) in [6.45, 7) is 0. The first-order valence-corrected chi connectivity index (χ1v) is 7.57. The molecular formula is C15H12N6S. The van der Waals surface area contributed by atoms with Crippen LogP contribution in [0.4, 0.5) is 5.82 Å². The number of aromatic nitrogens is 5. The Labute approximate surface area is 130 Å². The normalized spacial score (nSPS) is 11.1. The number of aromatic amines is 1. The number of nitrogens with two attached hydrogens (primary N) is 1. The number of H-pyrrole nitrogens is 1. The number of nitrogens with one attached hydrogen (secondary N) is 1. The summed E-state index contributed by atoms with van der Waals surface area (Å²) in [7, 11) is 0. The number of anilines is 1. The Balaban J connectivity index is 1.69. The molecule has 0 saturated heterocycles. The third-order valence-corrected chi connectivity index (χ3v) is 4.44. The number of fused-ring (bicyclic) bond motifs is 1. The van der Waals surface area contributed by atoms with Crippen molar-refractivity contribution in [2.24, 2.45) is 0 Å². The van der Waals surface area contributed by atoms with Gasteiger partial charge < -0.3 is 5.73 Å². The molecule has 22 heavy (non-hydrogen) atoms. The van der Waals surface area contributed by atoms with Crippen molar-refractivity contribution in [3.8, 4) is 10.6 Å². The van der Waals surface area contributed by atoms with Gasteiger partial charge in [-0.3, -0.25) is 4.98 Å². The van der Waals surface area contributed by atoms with Gasteiger partial charge in [0.15, 0.2) is 0 Å². The average Bonchev–Trinajstić information content (AvgIpc) is 3.17. The van der Waals surface area contributed by atoms with E-state index in [2.05, 4.69) is 37.5 Å². The second-order valence-electron chi connectivity index (χ2n) is 4.86. The highest BCUT2D eigenvalue weighted by molar-refractivity contribution is 7.15. The Kier molecular flexibility index (Phi) is 3.05. The van der Waals surface area contributed by atoms with E-state index >= 15 is 0 Å². The minimum atomic E-state index is 0.456. The number of hydrogen-bond acceptors (Lipinski definition) is 6. The van der Waals surface area contributed by atoms with Gasteiger partial charge in [-0.2, -0.15) is 10.3 Å². The van der Waals surface area contributed by atoms with Crippen molar-refractivity contribution in [1.29, 1.82) is 0 Å². The number of thiophene rings is 1. The summed E-state index contributed by atoms with van der Waals surface area (Å²) in [4.78, 5) is 10.9. The summed E-state index contributed by atoms with van der Waals surface area (Å²) in [6.07, 6.45) is 2.55. The van der Waals surface area contributed by atoms with Crippen molar-refractivity contribution in [2.45, 2.75) is 6.42 Å². The van der Waals surface area contributed by atoms with Crippen LogP contribution in [-0.2, 0) is 6.42 Å². The van der Waals surface area contributed by atoms with Crippen molar-refractivity contribution in [3.63, 3.8) is 0 Å². The first kappa shape index (κ1) is 12.9. The Bertz CT molecular complexity index is 928. The fraction of sp³-hybridized carbons (Fsp3) is 0.0667. The number of pyridine rings is 2. The van der Waals surface area contributed by atoms with Crippen molar-refractivity contribution in [2.75, 3.05) is 5.73 Å². The molecule has 0 spiro atoms. The lowest BCUT2D eigenvalue weighted by Gasteiger charge is -2.01. The van der Waals surface area contributed by atoms with Crippen molar-refractivity contribution in [1.82, 2.24) is 25.4 Å². The molecule has 0 aromatic carbocycles. The van der Waals surface area contributed by atoms with E-state index in [0.717, 1.165) is 28.1 Å². The lowest BCUT2D eigenvalue weighted by molar-refractivity contribution is 0.953. The zero-order chi connectivity index (χ0) is 14.9. The fourth-order valence-electron chi connectivity index (χ4n) is 2.36. The molecular weight excluding hydrogens is 296 g/mol. The predicted octanol–water partition coefficient (Wildman–Crippen LogP) is 2.65. The number of rotatable bonds is 3. The summed E-state index contributed by atoms with van der Waals surface area (Å²) in [5.41, 5.74) is 9.16. The van der Waals surface area contributed by atoms with E-state index in [1.165, 1.54) is 4.88 Å². The SMILES string of the molecule is Nc1cc(Cc2ccc(-c3ccccn3)s2)c2n[nH]nc2n1. The molecule has 4 rings (SSSR count). The highest BCUT2D eigenvalue weighted by Crippen LogP contribution is 2.29. The van der Waals surface area contributed by atoms with E-state index in [4.69, 9.17) is 5.73 Å².